The Balaban J connectivity index is 2.21. The Hall–Kier alpha value is -1.51. The third-order valence-corrected chi connectivity index (χ3v) is 3.48. The fraction of sp³-hybridized carbons (Fsp3) is 0.533. The maximum Gasteiger partial charge on any atom is 0.249 e. The van der Waals surface area contributed by atoms with E-state index < -0.39 is 0 Å². The van der Waals surface area contributed by atoms with E-state index in [1.807, 2.05) is 30.0 Å². The van der Waals surface area contributed by atoms with E-state index in [0.29, 0.717) is 0 Å². The Bertz CT molecular complexity index is 417. The predicted molar refractivity (Wildman–Crippen MR) is 76.0 cm³/mol. The van der Waals surface area contributed by atoms with E-state index >= 15 is 0 Å². The van der Waals surface area contributed by atoms with Crippen LogP contribution in [0.2, 0.25) is 0 Å². The lowest BCUT2D eigenvalue weighted by atomic mass is 10.1. The summed E-state index contributed by atoms with van der Waals surface area (Å²) in [5.41, 5.74) is 2.11. The van der Waals surface area contributed by atoms with Crippen molar-refractivity contribution in [2.75, 3.05) is 16.8 Å². The highest BCUT2D eigenvalue weighted by Gasteiger charge is 2.30. The molecular formula is C15H22N2O. The molecule has 0 saturated carbocycles. The molecule has 1 amide bonds. The number of benzene rings is 1. The summed E-state index contributed by atoms with van der Waals surface area (Å²) in [6.45, 7) is 5.07. The monoisotopic (exact) mass is 246 g/mol. The second-order valence-corrected chi connectivity index (χ2v) is 4.82. The summed E-state index contributed by atoms with van der Waals surface area (Å²) >= 11 is 0. The molecule has 0 aromatic heterocycles. The lowest BCUT2D eigenvalue weighted by molar-refractivity contribution is -0.119. The number of nitrogens with one attached hydrogen (secondary N) is 1. The second-order valence-electron chi connectivity index (χ2n) is 4.82. The van der Waals surface area contributed by atoms with Crippen LogP contribution >= 0.6 is 0 Å². The van der Waals surface area contributed by atoms with Crippen molar-refractivity contribution in [3.05, 3.63) is 24.3 Å². The molecule has 3 heteroatoms. The van der Waals surface area contributed by atoms with E-state index in [-0.39, 0.29) is 11.9 Å². The highest BCUT2D eigenvalue weighted by molar-refractivity contribution is 6.04. The minimum absolute atomic E-state index is 0.0680. The molecular weight excluding hydrogens is 224 g/mol. The van der Waals surface area contributed by atoms with Crippen molar-refractivity contribution in [1.29, 1.82) is 0 Å². The molecule has 1 aliphatic heterocycles. The molecule has 1 aliphatic rings. The zero-order valence-corrected chi connectivity index (χ0v) is 11.3. The van der Waals surface area contributed by atoms with E-state index in [1.165, 1.54) is 12.8 Å². The van der Waals surface area contributed by atoms with Gasteiger partial charge in [-0.25, -0.2) is 0 Å². The van der Waals surface area contributed by atoms with Crippen LogP contribution in [0, 0.1) is 0 Å². The van der Waals surface area contributed by atoms with Crippen molar-refractivity contribution in [1.82, 2.24) is 0 Å². The topological polar surface area (TPSA) is 32.3 Å². The van der Waals surface area contributed by atoms with E-state index in [4.69, 9.17) is 0 Å². The first kappa shape index (κ1) is 12.9. The fourth-order valence-corrected chi connectivity index (χ4v) is 2.41. The van der Waals surface area contributed by atoms with Gasteiger partial charge < -0.3 is 10.2 Å². The molecule has 0 aliphatic carbocycles. The molecule has 1 N–H and O–H groups in total. The van der Waals surface area contributed by atoms with E-state index in [1.54, 1.807) is 0 Å². The predicted octanol–water partition coefficient (Wildman–Crippen LogP) is 3.41. The number of hydrogen-bond acceptors (Lipinski definition) is 2. The maximum absolute atomic E-state index is 12.4. The number of hydrogen-bond donors (Lipinski definition) is 1. The van der Waals surface area contributed by atoms with E-state index in [0.717, 1.165) is 30.8 Å². The van der Waals surface area contributed by atoms with Gasteiger partial charge in [0.2, 0.25) is 5.91 Å². The van der Waals surface area contributed by atoms with Gasteiger partial charge in [0, 0.05) is 6.54 Å². The first-order valence-electron chi connectivity index (χ1n) is 6.94. The van der Waals surface area contributed by atoms with Crippen molar-refractivity contribution >= 4 is 17.3 Å². The summed E-state index contributed by atoms with van der Waals surface area (Å²) in [7, 11) is 0. The van der Waals surface area contributed by atoms with Crippen molar-refractivity contribution in [3.63, 3.8) is 0 Å². The second kappa shape index (κ2) is 5.89. The summed E-state index contributed by atoms with van der Waals surface area (Å²) < 4.78 is 0. The highest BCUT2D eigenvalue weighted by Crippen LogP contribution is 2.32. The first-order valence-corrected chi connectivity index (χ1v) is 6.94. The molecule has 1 heterocycles. The summed E-state index contributed by atoms with van der Waals surface area (Å²) in [4.78, 5) is 14.3. The number of amides is 1. The molecule has 1 unspecified atom stereocenters. The molecule has 0 saturated heterocycles. The third-order valence-electron chi connectivity index (χ3n) is 3.48. The van der Waals surface area contributed by atoms with Crippen LogP contribution in [0.25, 0.3) is 0 Å². The van der Waals surface area contributed by atoms with Gasteiger partial charge >= 0.3 is 0 Å². The Labute approximate surface area is 109 Å². The number of nitrogens with zero attached hydrogens (tertiary/aromatic N) is 1. The largest absolute Gasteiger partial charge is 0.372 e. The van der Waals surface area contributed by atoms with Crippen LogP contribution in [0.5, 0.6) is 0 Å². The zero-order valence-electron chi connectivity index (χ0n) is 11.3. The number of anilines is 2. The Kier molecular flexibility index (Phi) is 4.24. The standard InChI is InChI=1S/C15H22N2O/c1-3-5-8-11-17-14-10-7-6-9-13(14)16-12(4-2)15(17)18/h6-7,9-10,12,16H,3-5,8,11H2,1-2H3. The number of para-hydroxylation sites is 2. The summed E-state index contributed by atoms with van der Waals surface area (Å²) in [5.74, 6) is 0.215. The van der Waals surface area contributed by atoms with Gasteiger partial charge in [-0.2, -0.15) is 0 Å². The molecule has 1 aromatic carbocycles. The van der Waals surface area contributed by atoms with Crippen molar-refractivity contribution in [2.45, 2.75) is 45.6 Å². The SMILES string of the molecule is CCCCCN1C(=O)C(CC)Nc2ccccc21. The molecule has 2 rings (SSSR count). The number of carbonyl (C=O) groups is 1. The molecule has 98 valence electrons. The number of fused-ring (bicyclic) bond motifs is 1. The molecule has 0 bridgehead atoms. The van der Waals surface area contributed by atoms with Crippen LogP contribution in [0.15, 0.2) is 24.3 Å². The average molecular weight is 246 g/mol. The minimum atomic E-state index is -0.0680. The van der Waals surface area contributed by atoms with Crippen LogP contribution in [0.1, 0.15) is 39.5 Å². The Morgan fingerprint density at radius 3 is 2.72 bits per heavy atom. The fourth-order valence-electron chi connectivity index (χ4n) is 2.41. The smallest absolute Gasteiger partial charge is 0.249 e. The zero-order chi connectivity index (χ0) is 13.0. The van der Waals surface area contributed by atoms with Crippen LogP contribution < -0.4 is 10.2 Å². The summed E-state index contributed by atoms with van der Waals surface area (Å²) in [6.07, 6.45) is 4.26. The van der Waals surface area contributed by atoms with Gasteiger partial charge in [-0.15, -0.1) is 0 Å². The molecule has 0 fully saturated rings. The molecule has 18 heavy (non-hydrogen) atoms. The number of unbranched alkanes of at least 4 members (excludes halogenated alkanes) is 2. The van der Waals surface area contributed by atoms with Gasteiger partial charge in [0.1, 0.15) is 6.04 Å². The van der Waals surface area contributed by atoms with Crippen molar-refractivity contribution in [2.24, 2.45) is 0 Å². The van der Waals surface area contributed by atoms with Gasteiger partial charge in [-0.3, -0.25) is 4.79 Å². The van der Waals surface area contributed by atoms with E-state index in [2.05, 4.69) is 18.3 Å². The maximum atomic E-state index is 12.4. The first-order chi connectivity index (χ1) is 8.77. The Morgan fingerprint density at radius 1 is 1.22 bits per heavy atom. The average Bonchev–Trinajstić information content (AvgIpc) is 2.41. The molecule has 3 nitrogen and oxygen atoms in total. The third kappa shape index (κ3) is 2.50. The van der Waals surface area contributed by atoms with E-state index in [9.17, 15) is 4.79 Å². The normalized spacial score (nSPS) is 18.4. The quantitative estimate of drug-likeness (QED) is 0.807. The van der Waals surface area contributed by atoms with Crippen LogP contribution in [0.4, 0.5) is 11.4 Å². The van der Waals surface area contributed by atoms with Gasteiger partial charge in [-0.1, -0.05) is 38.8 Å². The lowest BCUT2D eigenvalue weighted by Gasteiger charge is -2.35. The minimum Gasteiger partial charge on any atom is -0.372 e. The molecule has 0 radical (unpaired) electrons. The lowest BCUT2D eigenvalue weighted by Crippen LogP contribution is -2.47. The number of carbonyl (C=O) groups excluding carboxylic acids is 1. The number of rotatable bonds is 5. The summed E-state index contributed by atoms with van der Waals surface area (Å²) in [6, 6.07) is 8.02. The highest BCUT2D eigenvalue weighted by atomic mass is 16.2. The van der Waals surface area contributed by atoms with Crippen molar-refractivity contribution < 1.29 is 4.79 Å². The van der Waals surface area contributed by atoms with Gasteiger partial charge in [-0.05, 0) is 25.0 Å². The summed E-state index contributed by atoms with van der Waals surface area (Å²) in [5, 5.41) is 3.33. The molecule has 0 spiro atoms. The van der Waals surface area contributed by atoms with Gasteiger partial charge in [0.05, 0.1) is 11.4 Å². The molecule has 1 atom stereocenters. The van der Waals surface area contributed by atoms with Crippen molar-refractivity contribution in [3.8, 4) is 0 Å². The van der Waals surface area contributed by atoms with Crippen LogP contribution in [0.3, 0.4) is 0 Å². The van der Waals surface area contributed by atoms with Crippen LogP contribution in [-0.4, -0.2) is 18.5 Å². The van der Waals surface area contributed by atoms with Gasteiger partial charge in [0.15, 0.2) is 0 Å². The van der Waals surface area contributed by atoms with Gasteiger partial charge in [0.25, 0.3) is 0 Å². The molecule has 1 aromatic rings. The van der Waals surface area contributed by atoms with Crippen LogP contribution in [-0.2, 0) is 4.79 Å². The Morgan fingerprint density at radius 2 is 2.00 bits per heavy atom.